The molecular weight excluding hydrogens is 284 g/mol. The fourth-order valence-corrected chi connectivity index (χ4v) is 1.87. The van der Waals surface area contributed by atoms with Gasteiger partial charge >= 0.3 is 5.97 Å². The number of carbonyl (C=O) groups excluding carboxylic acids is 2. The van der Waals surface area contributed by atoms with E-state index >= 15 is 0 Å². The maximum absolute atomic E-state index is 12.1. The second-order valence-corrected chi connectivity index (χ2v) is 5.04. The Bertz CT molecular complexity index is 679. The Kier molecular flexibility index (Phi) is 4.55. The average Bonchev–Trinajstić information content (AvgIpc) is 2.89. The van der Waals surface area contributed by atoms with Crippen LogP contribution in [0.25, 0.3) is 5.69 Å². The van der Waals surface area contributed by atoms with Crippen LogP contribution in [0.4, 0.5) is 0 Å². The number of carbonyl (C=O) groups is 2. The van der Waals surface area contributed by atoms with Gasteiger partial charge in [0.25, 0.3) is 5.91 Å². The van der Waals surface area contributed by atoms with Gasteiger partial charge in [-0.15, -0.1) is 5.10 Å². The number of ether oxygens (including phenoxy) is 1. The lowest BCUT2D eigenvalue weighted by Gasteiger charge is -2.16. The average molecular weight is 302 g/mol. The van der Waals surface area contributed by atoms with Crippen LogP contribution in [0.5, 0.6) is 0 Å². The van der Waals surface area contributed by atoms with Gasteiger partial charge in [0, 0.05) is 14.1 Å². The van der Waals surface area contributed by atoms with E-state index in [1.807, 2.05) is 30.3 Å². The van der Waals surface area contributed by atoms with E-state index in [0.717, 1.165) is 5.69 Å². The number of para-hydroxylation sites is 1. The lowest BCUT2D eigenvalue weighted by molar-refractivity contribution is -0.137. The molecular formula is C15H18N4O3. The number of likely N-dealkylation sites (N-methyl/N-ethyl adjacent to an activating group) is 1. The lowest BCUT2D eigenvalue weighted by atomic mass is 10.3. The number of benzene rings is 1. The minimum atomic E-state index is -0.872. The minimum absolute atomic E-state index is 0.0993. The van der Waals surface area contributed by atoms with Gasteiger partial charge in [0.2, 0.25) is 0 Å². The van der Waals surface area contributed by atoms with Crippen molar-refractivity contribution in [1.29, 1.82) is 0 Å². The zero-order valence-electron chi connectivity index (χ0n) is 13.0. The third-order valence-corrected chi connectivity index (χ3v) is 3.03. The van der Waals surface area contributed by atoms with E-state index in [0.29, 0.717) is 5.69 Å². The van der Waals surface area contributed by atoms with Crippen LogP contribution in [-0.4, -0.2) is 52.0 Å². The highest BCUT2D eigenvalue weighted by atomic mass is 16.5. The molecule has 1 heterocycles. The van der Waals surface area contributed by atoms with Crippen LogP contribution in [0.2, 0.25) is 0 Å². The number of hydrogen-bond donors (Lipinski definition) is 0. The molecule has 2 rings (SSSR count). The van der Waals surface area contributed by atoms with Gasteiger partial charge in [-0.1, -0.05) is 18.2 Å². The zero-order chi connectivity index (χ0) is 16.3. The topological polar surface area (TPSA) is 77.3 Å². The van der Waals surface area contributed by atoms with Gasteiger partial charge in [-0.25, -0.2) is 4.79 Å². The molecule has 0 N–H and O–H groups in total. The van der Waals surface area contributed by atoms with E-state index in [1.54, 1.807) is 21.0 Å². The first-order valence-electron chi connectivity index (χ1n) is 6.81. The van der Waals surface area contributed by atoms with Crippen LogP contribution < -0.4 is 0 Å². The molecule has 0 saturated carbocycles. The van der Waals surface area contributed by atoms with Gasteiger partial charge in [-0.3, -0.25) is 4.79 Å². The Labute approximate surface area is 128 Å². The largest absolute Gasteiger partial charge is 0.448 e. The van der Waals surface area contributed by atoms with Gasteiger partial charge in [-0.05, 0) is 26.0 Å². The fourth-order valence-electron chi connectivity index (χ4n) is 1.87. The normalized spacial score (nSPS) is 11.8. The number of aryl methyl sites for hydroxylation is 1. The summed E-state index contributed by atoms with van der Waals surface area (Å²) in [5, 5.41) is 8.34. The van der Waals surface area contributed by atoms with Gasteiger partial charge < -0.3 is 9.64 Å². The summed E-state index contributed by atoms with van der Waals surface area (Å²) in [4.78, 5) is 26.6. The van der Waals surface area contributed by atoms with Crippen molar-refractivity contribution in [2.75, 3.05) is 14.1 Å². The number of hydrogen-bond acceptors (Lipinski definition) is 5. The third kappa shape index (κ3) is 3.30. The molecule has 1 atom stereocenters. The number of rotatable bonds is 4. The van der Waals surface area contributed by atoms with E-state index in [-0.39, 0.29) is 11.6 Å². The molecule has 0 saturated heterocycles. The molecule has 7 nitrogen and oxygen atoms in total. The fraction of sp³-hybridized carbons (Fsp3) is 0.333. The van der Waals surface area contributed by atoms with Crippen LogP contribution in [0.15, 0.2) is 30.3 Å². The van der Waals surface area contributed by atoms with Gasteiger partial charge in [0.05, 0.1) is 11.4 Å². The summed E-state index contributed by atoms with van der Waals surface area (Å²) >= 11 is 0. The highest BCUT2D eigenvalue weighted by Crippen LogP contribution is 2.10. The van der Waals surface area contributed by atoms with Gasteiger partial charge in [-0.2, -0.15) is 9.90 Å². The van der Waals surface area contributed by atoms with Crippen LogP contribution in [-0.2, 0) is 9.53 Å². The molecule has 0 aliphatic rings. The lowest BCUT2D eigenvalue weighted by Crippen LogP contribution is -2.35. The van der Waals surface area contributed by atoms with Crippen LogP contribution >= 0.6 is 0 Å². The molecule has 7 heteroatoms. The minimum Gasteiger partial charge on any atom is -0.448 e. The second kappa shape index (κ2) is 6.38. The summed E-state index contributed by atoms with van der Waals surface area (Å²) in [7, 11) is 3.20. The second-order valence-electron chi connectivity index (χ2n) is 5.04. The number of aromatic nitrogens is 3. The number of nitrogens with zero attached hydrogens (tertiary/aromatic N) is 4. The van der Waals surface area contributed by atoms with E-state index in [4.69, 9.17) is 4.74 Å². The molecule has 2 aromatic rings. The highest BCUT2D eigenvalue weighted by molar-refractivity contribution is 5.91. The Morgan fingerprint density at radius 1 is 1.18 bits per heavy atom. The van der Waals surface area contributed by atoms with Crippen molar-refractivity contribution >= 4 is 11.9 Å². The molecule has 1 aromatic heterocycles. The number of esters is 1. The Hall–Kier alpha value is -2.70. The summed E-state index contributed by atoms with van der Waals surface area (Å²) in [5.41, 5.74) is 1.28. The molecule has 1 amide bonds. The predicted molar refractivity (Wildman–Crippen MR) is 79.7 cm³/mol. The molecule has 0 unspecified atom stereocenters. The Morgan fingerprint density at radius 3 is 2.41 bits per heavy atom. The van der Waals surface area contributed by atoms with Crippen molar-refractivity contribution in [2.24, 2.45) is 0 Å². The smallest absolute Gasteiger partial charge is 0.361 e. The summed E-state index contributed by atoms with van der Waals surface area (Å²) < 4.78 is 5.14. The summed E-state index contributed by atoms with van der Waals surface area (Å²) in [5.74, 6) is -0.955. The van der Waals surface area contributed by atoms with Gasteiger partial charge in [0.15, 0.2) is 11.8 Å². The third-order valence-electron chi connectivity index (χ3n) is 3.03. The first kappa shape index (κ1) is 15.7. The van der Waals surface area contributed by atoms with Crippen molar-refractivity contribution in [2.45, 2.75) is 20.0 Å². The maximum atomic E-state index is 12.1. The molecule has 0 spiro atoms. The number of amides is 1. The van der Waals surface area contributed by atoms with Crippen LogP contribution in [0, 0.1) is 6.92 Å². The summed E-state index contributed by atoms with van der Waals surface area (Å²) in [6.07, 6.45) is -0.872. The van der Waals surface area contributed by atoms with Gasteiger partial charge in [0.1, 0.15) is 0 Å². The first-order chi connectivity index (χ1) is 10.4. The molecule has 0 fully saturated rings. The predicted octanol–water partition coefficient (Wildman–Crippen LogP) is 1.21. The molecule has 22 heavy (non-hydrogen) atoms. The molecule has 0 aliphatic carbocycles. The molecule has 0 radical (unpaired) electrons. The molecule has 116 valence electrons. The summed E-state index contributed by atoms with van der Waals surface area (Å²) in [6.45, 7) is 3.19. The maximum Gasteiger partial charge on any atom is 0.361 e. The van der Waals surface area contributed by atoms with E-state index in [2.05, 4.69) is 10.2 Å². The van der Waals surface area contributed by atoms with E-state index in [9.17, 15) is 9.59 Å². The SMILES string of the molecule is Cc1nn(-c2ccccc2)nc1C(=O)O[C@H](C)C(=O)N(C)C. The zero-order valence-corrected chi connectivity index (χ0v) is 13.0. The summed E-state index contributed by atoms with van der Waals surface area (Å²) in [6, 6.07) is 9.23. The standard InChI is InChI=1S/C15H18N4O3/c1-10-13(15(21)22-11(2)14(20)18(3)4)17-19(16-10)12-8-6-5-7-9-12/h5-9,11H,1-4H3/t11-/m1/s1. The monoisotopic (exact) mass is 302 g/mol. The van der Waals surface area contributed by atoms with E-state index < -0.39 is 12.1 Å². The van der Waals surface area contributed by atoms with Crippen molar-refractivity contribution < 1.29 is 14.3 Å². The first-order valence-corrected chi connectivity index (χ1v) is 6.81. The molecule has 0 bridgehead atoms. The molecule has 0 aliphatic heterocycles. The van der Waals surface area contributed by atoms with Crippen molar-refractivity contribution in [3.05, 3.63) is 41.7 Å². The van der Waals surface area contributed by atoms with Crippen molar-refractivity contribution in [3.63, 3.8) is 0 Å². The highest BCUT2D eigenvalue weighted by Gasteiger charge is 2.24. The van der Waals surface area contributed by atoms with Crippen LogP contribution in [0.1, 0.15) is 23.1 Å². The quantitative estimate of drug-likeness (QED) is 0.793. The molecule has 1 aromatic carbocycles. The van der Waals surface area contributed by atoms with Crippen molar-refractivity contribution in [3.8, 4) is 5.69 Å². The van der Waals surface area contributed by atoms with E-state index in [1.165, 1.54) is 16.6 Å². The Morgan fingerprint density at radius 2 is 1.82 bits per heavy atom. The van der Waals surface area contributed by atoms with Crippen molar-refractivity contribution in [1.82, 2.24) is 19.9 Å². The Balaban J connectivity index is 2.18. The van der Waals surface area contributed by atoms with Crippen LogP contribution in [0.3, 0.4) is 0 Å².